The predicted octanol–water partition coefficient (Wildman–Crippen LogP) is 3.41. The van der Waals surface area contributed by atoms with Gasteiger partial charge in [0.25, 0.3) is 11.8 Å². The largest absolute Gasteiger partial charge is 0.308 e. The predicted molar refractivity (Wildman–Crippen MR) is 96.7 cm³/mol. The van der Waals surface area contributed by atoms with Crippen LogP contribution in [-0.2, 0) is 9.59 Å². The topological polar surface area (TPSA) is 40.6 Å². The number of nitrogens with zero attached hydrogens (tertiary/aromatic N) is 2. The number of hydrogen-bond donors (Lipinski definition) is 0. The van der Waals surface area contributed by atoms with Gasteiger partial charge in [0.15, 0.2) is 0 Å². The molecule has 0 saturated carbocycles. The van der Waals surface area contributed by atoms with Crippen LogP contribution in [0.15, 0.2) is 27.6 Å². The third-order valence-electron chi connectivity index (χ3n) is 3.69. The fourth-order valence-electron chi connectivity index (χ4n) is 2.66. The van der Waals surface area contributed by atoms with Crippen LogP contribution in [-0.4, -0.2) is 34.1 Å². The number of carbonyl (C=O) groups excluding carboxylic acids is 2. The Balaban J connectivity index is 2.22. The van der Waals surface area contributed by atoms with Gasteiger partial charge in [0, 0.05) is 23.1 Å². The zero-order valence-corrected chi connectivity index (χ0v) is 15.3. The Labute approximate surface area is 146 Å². The second kappa shape index (κ2) is 5.79. The van der Waals surface area contributed by atoms with E-state index >= 15 is 0 Å². The second-order valence-corrected chi connectivity index (χ2v) is 7.39. The van der Waals surface area contributed by atoms with Gasteiger partial charge in [-0.25, -0.2) is 0 Å². The monoisotopic (exact) mass is 396 g/mol. The van der Waals surface area contributed by atoms with Crippen molar-refractivity contribution in [3.8, 4) is 0 Å². The highest BCUT2D eigenvalue weighted by Crippen LogP contribution is 2.45. The molecule has 0 atom stereocenters. The zero-order valence-electron chi connectivity index (χ0n) is 12.1. The number of amides is 2. The van der Waals surface area contributed by atoms with Crippen LogP contribution >= 0.6 is 39.9 Å². The number of fused-ring (bicyclic) bond motifs is 1. The first-order valence-electron chi connectivity index (χ1n) is 6.89. The lowest BCUT2D eigenvalue weighted by Crippen LogP contribution is -2.29. The number of rotatable bonds is 2. The van der Waals surface area contributed by atoms with E-state index in [2.05, 4.69) is 15.9 Å². The molecule has 2 aliphatic heterocycles. The summed E-state index contributed by atoms with van der Waals surface area (Å²) in [4.78, 5) is 29.0. The van der Waals surface area contributed by atoms with E-state index in [1.165, 1.54) is 16.7 Å². The third kappa shape index (κ3) is 2.23. The summed E-state index contributed by atoms with van der Waals surface area (Å²) in [5, 5.41) is 0. The molecule has 0 spiro atoms. The minimum absolute atomic E-state index is 0.132. The van der Waals surface area contributed by atoms with Crippen LogP contribution in [0.5, 0.6) is 0 Å². The normalized spacial score (nSPS) is 21.1. The van der Waals surface area contributed by atoms with Gasteiger partial charge in [-0.15, -0.1) is 0 Å². The Hall–Kier alpha value is -1.18. The van der Waals surface area contributed by atoms with Gasteiger partial charge in [0.1, 0.15) is 4.32 Å². The minimum atomic E-state index is -0.176. The molecular weight excluding hydrogens is 384 g/mol. The molecule has 0 aliphatic carbocycles. The van der Waals surface area contributed by atoms with Gasteiger partial charge < -0.3 is 4.90 Å². The van der Waals surface area contributed by atoms with E-state index in [-0.39, 0.29) is 11.8 Å². The Morgan fingerprint density at radius 2 is 1.82 bits per heavy atom. The Kier molecular flexibility index (Phi) is 4.13. The fourth-order valence-corrected chi connectivity index (χ4v) is 4.48. The van der Waals surface area contributed by atoms with Crippen molar-refractivity contribution in [3.63, 3.8) is 0 Å². The molecule has 114 valence electrons. The highest BCUT2D eigenvalue weighted by molar-refractivity contribution is 9.10. The van der Waals surface area contributed by atoms with Crippen molar-refractivity contribution >= 4 is 67.3 Å². The smallest absolute Gasteiger partial charge is 0.266 e. The number of thiocarbonyl (C=S) groups is 1. The molecule has 1 saturated heterocycles. The van der Waals surface area contributed by atoms with Crippen LogP contribution in [0.2, 0.25) is 0 Å². The molecule has 1 fully saturated rings. The van der Waals surface area contributed by atoms with Crippen LogP contribution in [0.4, 0.5) is 5.69 Å². The van der Waals surface area contributed by atoms with Crippen molar-refractivity contribution in [3.05, 3.63) is 33.1 Å². The Morgan fingerprint density at radius 3 is 2.41 bits per heavy atom. The molecule has 0 unspecified atom stereocenters. The van der Waals surface area contributed by atoms with E-state index < -0.39 is 0 Å². The van der Waals surface area contributed by atoms with Gasteiger partial charge in [-0.05, 0) is 32.0 Å². The van der Waals surface area contributed by atoms with Crippen molar-refractivity contribution < 1.29 is 9.59 Å². The molecule has 2 heterocycles. The van der Waals surface area contributed by atoms with Crippen LogP contribution in [0, 0.1) is 0 Å². The fraction of sp³-hybridized carbons (Fsp3) is 0.267. The number of likely N-dealkylation sites (N-methyl/N-ethyl adjacent to an activating group) is 2. The van der Waals surface area contributed by atoms with Crippen molar-refractivity contribution in [2.75, 3.05) is 18.0 Å². The molecule has 1 aromatic carbocycles. The number of halogens is 1. The molecular formula is C15H13BrN2O2S2. The lowest BCUT2D eigenvalue weighted by Gasteiger charge is -2.13. The average molecular weight is 397 g/mol. The first-order chi connectivity index (χ1) is 10.5. The van der Waals surface area contributed by atoms with Gasteiger partial charge in [-0.2, -0.15) is 0 Å². The van der Waals surface area contributed by atoms with Gasteiger partial charge in [0.2, 0.25) is 0 Å². The average Bonchev–Trinajstić information content (AvgIpc) is 2.91. The van der Waals surface area contributed by atoms with Gasteiger partial charge in [0.05, 0.1) is 16.2 Å². The standard InChI is InChI=1S/C15H13BrN2O2S2/c1-3-17-10-6-5-8(16)7-9(10)11(13(17)19)12-14(20)18(4-2)15(21)22-12/h5-7H,3-4H2,1-2H3/b12-11+. The number of benzene rings is 1. The van der Waals surface area contributed by atoms with Crippen LogP contribution in [0.25, 0.3) is 5.57 Å². The molecule has 3 rings (SSSR count). The molecule has 1 aromatic rings. The summed E-state index contributed by atoms with van der Waals surface area (Å²) in [5.41, 5.74) is 2.09. The Morgan fingerprint density at radius 1 is 1.14 bits per heavy atom. The quantitative estimate of drug-likeness (QED) is 0.567. The van der Waals surface area contributed by atoms with E-state index in [9.17, 15) is 9.59 Å². The van der Waals surface area contributed by atoms with E-state index in [4.69, 9.17) is 12.2 Å². The molecule has 2 amide bonds. The van der Waals surface area contributed by atoms with Crippen LogP contribution in [0.3, 0.4) is 0 Å². The zero-order chi connectivity index (χ0) is 16.0. The van der Waals surface area contributed by atoms with Crippen LogP contribution in [0.1, 0.15) is 19.4 Å². The number of hydrogen-bond acceptors (Lipinski definition) is 4. The summed E-state index contributed by atoms with van der Waals surface area (Å²) < 4.78 is 1.38. The maximum atomic E-state index is 12.8. The lowest BCUT2D eigenvalue weighted by atomic mass is 10.1. The molecule has 4 nitrogen and oxygen atoms in total. The summed E-state index contributed by atoms with van der Waals surface area (Å²) in [7, 11) is 0. The minimum Gasteiger partial charge on any atom is -0.308 e. The summed E-state index contributed by atoms with van der Waals surface area (Å²) >= 11 is 9.90. The summed E-state index contributed by atoms with van der Waals surface area (Å²) in [5.74, 6) is -0.308. The number of thioether (sulfide) groups is 1. The third-order valence-corrected chi connectivity index (χ3v) is 5.63. The molecule has 0 radical (unpaired) electrons. The molecule has 7 heteroatoms. The van der Waals surface area contributed by atoms with E-state index in [0.717, 1.165) is 15.7 Å². The maximum absolute atomic E-state index is 12.8. The van der Waals surface area contributed by atoms with Crippen molar-refractivity contribution in [2.24, 2.45) is 0 Å². The summed E-state index contributed by atoms with van der Waals surface area (Å²) in [6.45, 7) is 4.87. The summed E-state index contributed by atoms with van der Waals surface area (Å²) in [6.07, 6.45) is 0. The SMILES string of the molecule is CCN1C(=O)/C(=C2\C(=O)N(CC)c3ccc(Br)cc32)SC1=S. The van der Waals surface area contributed by atoms with Crippen molar-refractivity contribution in [1.29, 1.82) is 0 Å². The van der Waals surface area contributed by atoms with Gasteiger partial charge >= 0.3 is 0 Å². The van der Waals surface area contributed by atoms with Gasteiger partial charge in [-0.1, -0.05) is 39.9 Å². The van der Waals surface area contributed by atoms with E-state index in [1.54, 1.807) is 4.90 Å². The molecule has 0 aromatic heterocycles. The second-order valence-electron chi connectivity index (χ2n) is 4.83. The first-order valence-corrected chi connectivity index (χ1v) is 8.91. The first kappa shape index (κ1) is 15.7. The highest BCUT2D eigenvalue weighted by atomic mass is 79.9. The van der Waals surface area contributed by atoms with E-state index in [0.29, 0.717) is 27.9 Å². The number of anilines is 1. The maximum Gasteiger partial charge on any atom is 0.266 e. The Bertz CT molecular complexity index is 745. The molecule has 0 N–H and O–H groups in total. The van der Waals surface area contributed by atoms with Crippen molar-refractivity contribution in [2.45, 2.75) is 13.8 Å². The van der Waals surface area contributed by atoms with E-state index in [1.807, 2.05) is 32.0 Å². The van der Waals surface area contributed by atoms with Crippen LogP contribution < -0.4 is 4.90 Å². The van der Waals surface area contributed by atoms with Gasteiger partial charge in [-0.3, -0.25) is 14.5 Å². The lowest BCUT2D eigenvalue weighted by molar-refractivity contribution is -0.122. The number of carbonyl (C=O) groups is 2. The van der Waals surface area contributed by atoms with Crippen molar-refractivity contribution in [1.82, 2.24) is 4.90 Å². The molecule has 22 heavy (non-hydrogen) atoms. The molecule has 0 bridgehead atoms. The highest BCUT2D eigenvalue weighted by Gasteiger charge is 2.41. The summed E-state index contributed by atoms with van der Waals surface area (Å²) in [6, 6.07) is 5.68. The molecule has 2 aliphatic rings.